The molecule has 0 aliphatic heterocycles. The van der Waals surface area contributed by atoms with Gasteiger partial charge < -0.3 is 9.09 Å². The predicted octanol–water partition coefficient (Wildman–Crippen LogP) is 10.6. The monoisotopic (exact) mass is 536 g/mol. The maximum absolute atomic E-state index is 6.07. The second-order valence-corrected chi connectivity index (χ2v) is 10.9. The number of hydrogen-bond donors (Lipinski definition) is 0. The number of nitrogens with zero attached hydrogens (tertiary/aromatic N) is 2. The number of aromatic nitrogens is 2. The molecule has 42 heavy (non-hydrogen) atoms. The van der Waals surface area contributed by atoms with Gasteiger partial charge in [0.25, 0.3) is 0 Å². The van der Waals surface area contributed by atoms with Crippen molar-refractivity contribution >= 4 is 54.3 Å². The Hall–Kier alpha value is -5.67. The lowest BCUT2D eigenvalue weighted by Gasteiger charge is -2.10. The molecule has 0 atom stereocenters. The van der Waals surface area contributed by atoms with E-state index in [1.165, 1.54) is 44.0 Å². The van der Waals surface area contributed by atoms with E-state index in [1.807, 2.05) is 18.2 Å². The largest absolute Gasteiger partial charge is 0.355 e. The lowest BCUT2D eigenvalue weighted by atomic mass is 9.95. The maximum Gasteiger partial charge on any atom is 0.175 e. The van der Waals surface area contributed by atoms with Gasteiger partial charge in [-0.05, 0) is 69.8 Å². The highest BCUT2D eigenvalue weighted by molar-refractivity contribution is 6.20. The highest BCUT2D eigenvalue weighted by Gasteiger charge is 2.16. The Morgan fingerprint density at radius 3 is 1.95 bits per heavy atom. The molecule has 0 bridgehead atoms. The average molecular weight is 537 g/mol. The first-order valence-electron chi connectivity index (χ1n) is 14.2. The van der Waals surface area contributed by atoms with Gasteiger partial charge in [0.1, 0.15) is 5.69 Å². The van der Waals surface area contributed by atoms with E-state index in [0.29, 0.717) is 0 Å². The molecule has 0 saturated heterocycles. The van der Waals surface area contributed by atoms with Crippen molar-refractivity contribution in [2.24, 2.45) is 0 Å². The number of para-hydroxylation sites is 2. The van der Waals surface area contributed by atoms with Crippen LogP contribution in [-0.2, 0) is 0 Å². The molecule has 0 amide bonds. The Labute approximate surface area is 241 Å². The van der Waals surface area contributed by atoms with Crippen LogP contribution in [0.5, 0.6) is 0 Å². The summed E-state index contributed by atoms with van der Waals surface area (Å²) in [6.07, 6.45) is 0. The maximum atomic E-state index is 6.07. The van der Waals surface area contributed by atoms with Crippen molar-refractivity contribution in [2.75, 3.05) is 0 Å². The van der Waals surface area contributed by atoms with E-state index in [1.54, 1.807) is 0 Å². The van der Waals surface area contributed by atoms with Gasteiger partial charge in [-0.1, -0.05) is 108 Å². The molecule has 0 spiro atoms. The van der Waals surface area contributed by atoms with Crippen molar-refractivity contribution in [1.82, 2.24) is 9.72 Å². The number of rotatable bonds is 3. The third-order valence-corrected chi connectivity index (χ3v) is 8.51. The standard InChI is InChI=1S/C39H24N2O/c1-3-9-27(10-4-1)38-32-21-19-26-17-15-25-16-18-28(23-33(25)37(26)39(32)42-40-38)29-20-22-36-34(24-29)31-13-7-8-14-35(31)41(36)30-11-5-2-6-12-30/h1-24H. The molecular formula is C39H24N2O. The fourth-order valence-corrected chi connectivity index (χ4v) is 6.53. The van der Waals surface area contributed by atoms with E-state index in [4.69, 9.17) is 4.52 Å². The van der Waals surface area contributed by atoms with Crippen LogP contribution in [0.4, 0.5) is 0 Å². The highest BCUT2D eigenvalue weighted by Crippen LogP contribution is 2.39. The number of fused-ring (bicyclic) bond motifs is 8. The summed E-state index contributed by atoms with van der Waals surface area (Å²) in [4.78, 5) is 0. The smallest absolute Gasteiger partial charge is 0.175 e. The molecule has 0 unspecified atom stereocenters. The minimum atomic E-state index is 0.829. The van der Waals surface area contributed by atoms with E-state index in [9.17, 15) is 0 Å². The zero-order valence-corrected chi connectivity index (χ0v) is 22.7. The van der Waals surface area contributed by atoms with Crippen LogP contribution in [0.25, 0.3) is 82.4 Å². The molecule has 3 heteroatoms. The number of hydrogen-bond acceptors (Lipinski definition) is 2. The topological polar surface area (TPSA) is 31.0 Å². The fraction of sp³-hybridized carbons (Fsp3) is 0. The van der Waals surface area contributed by atoms with Crippen LogP contribution in [0.1, 0.15) is 0 Å². The summed E-state index contributed by atoms with van der Waals surface area (Å²) >= 11 is 0. The summed E-state index contributed by atoms with van der Waals surface area (Å²) in [6, 6.07) is 51.7. The van der Waals surface area contributed by atoms with Crippen LogP contribution in [0.2, 0.25) is 0 Å². The molecule has 9 rings (SSSR count). The van der Waals surface area contributed by atoms with Gasteiger partial charge in [0.15, 0.2) is 5.58 Å². The van der Waals surface area contributed by atoms with Crippen molar-refractivity contribution in [3.8, 4) is 28.1 Å². The normalized spacial score (nSPS) is 11.8. The fourth-order valence-electron chi connectivity index (χ4n) is 6.53. The van der Waals surface area contributed by atoms with Crippen molar-refractivity contribution in [3.05, 3.63) is 146 Å². The van der Waals surface area contributed by atoms with Crippen LogP contribution in [0, 0.1) is 0 Å². The third kappa shape index (κ3) is 3.37. The van der Waals surface area contributed by atoms with Gasteiger partial charge in [0.05, 0.1) is 16.4 Å². The lowest BCUT2D eigenvalue weighted by Crippen LogP contribution is -1.92. The van der Waals surface area contributed by atoms with E-state index < -0.39 is 0 Å². The summed E-state index contributed by atoms with van der Waals surface area (Å²) in [7, 11) is 0. The van der Waals surface area contributed by atoms with Crippen molar-refractivity contribution in [2.45, 2.75) is 0 Å². The van der Waals surface area contributed by atoms with Crippen molar-refractivity contribution < 1.29 is 4.52 Å². The van der Waals surface area contributed by atoms with Gasteiger partial charge in [-0.15, -0.1) is 0 Å². The summed E-state index contributed by atoms with van der Waals surface area (Å²) < 4.78 is 8.42. The van der Waals surface area contributed by atoms with Gasteiger partial charge in [0, 0.05) is 27.4 Å². The molecule has 0 aliphatic rings. The minimum Gasteiger partial charge on any atom is -0.355 e. The minimum absolute atomic E-state index is 0.829. The summed E-state index contributed by atoms with van der Waals surface area (Å²) in [6.45, 7) is 0. The molecule has 196 valence electrons. The van der Waals surface area contributed by atoms with E-state index >= 15 is 0 Å². The van der Waals surface area contributed by atoms with Gasteiger partial charge in [-0.3, -0.25) is 0 Å². The van der Waals surface area contributed by atoms with Crippen LogP contribution >= 0.6 is 0 Å². The molecular weight excluding hydrogens is 512 g/mol. The Balaban J connectivity index is 1.27. The molecule has 0 radical (unpaired) electrons. The first-order chi connectivity index (χ1) is 20.8. The van der Waals surface area contributed by atoms with E-state index in [-0.39, 0.29) is 0 Å². The second-order valence-electron chi connectivity index (χ2n) is 10.9. The Kier molecular flexibility index (Phi) is 4.90. The molecule has 0 fully saturated rings. The molecule has 9 aromatic rings. The molecule has 7 aromatic carbocycles. The van der Waals surface area contributed by atoms with Crippen molar-refractivity contribution in [1.29, 1.82) is 0 Å². The first-order valence-corrected chi connectivity index (χ1v) is 14.2. The van der Waals surface area contributed by atoms with Gasteiger partial charge in [-0.2, -0.15) is 0 Å². The Morgan fingerprint density at radius 2 is 1.10 bits per heavy atom. The molecule has 3 nitrogen and oxygen atoms in total. The molecule has 0 N–H and O–H groups in total. The van der Waals surface area contributed by atoms with Crippen LogP contribution in [-0.4, -0.2) is 9.72 Å². The molecule has 2 heterocycles. The molecule has 2 aromatic heterocycles. The quantitative estimate of drug-likeness (QED) is 0.210. The second kappa shape index (κ2) is 8.92. The van der Waals surface area contributed by atoms with E-state index in [0.717, 1.165) is 38.4 Å². The molecule has 0 saturated carbocycles. The zero-order valence-electron chi connectivity index (χ0n) is 22.7. The van der Waals surface area contributed by atoms with E-state index in [2.05, 4.69) is 137 Å². The summed E-state index contributed by atoms with van der Waals surface area (Å²) in [5.74, 6) is 0. The van der Waals surface area contributed by atoms with Crippen LogP contribution in [0.3, 0.4) is 0 Å². The zero-order chi connectivity index (χ0) is 27.6. The van der Waals surface area contributed by atoms with Crippen molar-refractivity contribution in [3.63, 3.8) is 0 Å². The average Bonchev–Trinajstić information content (AvgIpc) is 3.64. The highest BCUT2D eigenvalue weighted by atomic mass is 16.5. The van der Waals surface area contributed by atoms with Gasteiger partial charge in [0.2, 0.25) is 0 Å². The van der Waals surface area contributed by atoms with Gasteiger partial charge in [-0.25, -0.2) is 0 Å². The Morgan fingerprint density at radius 1 is 0.452 bits per heavy atom. The Bertz CT molecular complexity index is 2450. The SMILES string of the molecule is c1ccc(-c2noc3c2ccc2ccc4ccc(-c5ccc6c(c5)c5ccccc5n6-c5ccccc5)cc4c23)cc1. The summed E-state index contributed by atoms with van der Waals surface area (Å²) in [5, 5.41) is 12.6. The van der Waals surface area contributed by atoms with Crippen LogP contribution < -0.4 is 0 Å². The number of benzene rings is 7. The summed E-state index contributed by atoms with van der Waals surface area (Å²) in [5.41, 5.74) is 8.70. The lowest BCUT2D eigenvalue weighted by molar-refractivity contribution is 0.462. The van der Waals surface area contributed by atoms with Gasteiger partial charge >= 0.3 is 0 Å². The predicted molar refractivity (Wildman–Crippen MR) is 174 cm³/mol. The van der Waals surface area contributed by atoms with Crippen LogP contribution in [0.15, 0.2) is 150 Å². The first kappa shape index (κ1) is 23.1. The third-order valence-electron chi connectivity index (χ3n) is 8.51. The molecule has 0 aliphatic carbocycles.